The van der Waals surface area contributed by atoms with E-state index in [1.165, 1.54) is 23.4 Å². The first-order valence-corrected chi connectivity index (χ1v) is 12.4. The fourth-order valence-electron chi connectivity index (χ4n) is 6.65. The molecule has 1 aromatic carbocycles. The summed E-state index contributed by atoms with van der Waals surface area (Å²) in [6.07, 6.45) is 0.971. The third-order valence-electron chi connectivity index (χ3n) is 8.40. The maximum atomic E-state index is 13.8. The molecule has 13 nitrogen and oxygen atoms in total. The monoisotopic (exact) mass is 540 g/mol. The van der Waals surface area contributed by atoms with Crippen molar-refractivity contribution in [2.45, 2.75) is 37.1 Å². The quantitative estimate of drug-likeness (QED) is 0.277. The SMILES string of the molecule is CN(C)[C@H]1C(O)C(C(N)=O)C(=O)[C@]2(O)C(=O)C3C(=O)c4c(O)ccc(CNC(=O)c5cnoc5)c4C[C@@H]3C[C@H]12. The standard InChI is InChI=1S/C26H28N4O9/c1-30(2)19-14-6-11-5-13-10(7-28-25(37)12-8-29-39-9-12)3-4-15(31)17(13)20(32)16(11)22(34)26(14,38)23(35)18(21(19)33)24(27)36/h3-4,8-9,11,14,16,18-19,21,31,33,38H,5-7H2,1-2H3,(H2,27,36)(H,28,37)/t11-,14-,16?,18?,19-,21?,26-/m1/s1. The van der Waals surface area contributed by atoms with E-state index in [2.05, 4.69) is 15.0 Å². The summed E-state index contributed by atoms with van der Waals surface area (Å²) in [5, 5.41) is 39.3. The Bertz CT molecular complexity index is 1390. The molecule has 206 valence electrons. The Morgan fingerprint density at radius 2 is 1.95 bits per heavy atom. The van der Waals surface area contributed by atoms with Crippen LogP contribution in [-0.4, -0.2) is 86.4 Å². The van der Waals surface area contributed by atoms with Crippen LogP contribution in [0.4, 0.5) is 0 Å². The van der Waals surface area contributed by atoms with Gasteiger partial charge in [-0.1, -0.05) is 11.2 Å². The van der Waals surface area contributed by atoms with Crippen molar-refractivity contribution in [3.8, 4) is 5.75 Å². The van der Waals surface area contributed by atoms with Crippen molar-refractivity contribution in [3.05, 3.63) is 46.8 Å². The van der Waals surface area contributed by atoms with E-state index in [9.17, 15) is 39.3 Å². The van der Waals surface area contributed by atoms with Gasteiger partial charge < -0.3 is 35.8 Å². The minimum absolute atomic E-state index is 0.00262. The minimum Gasteiger partial charge on any atom is -0.507 e. The molecule has 3 unspecified atom stereocenters. The molecule has 0 aliphatic heterocycles. The molecule has 13 heteroatoms. The van der Waals surface area contributed by atoms with Gasteiger partial charge in [0.05, 0.1) is 29.3 Å². The normalized spacial score (nSPS) is 31.9. The van der Waals surface area contributed by atoms with Gasteiger partial charge in [-0.15, -0.1) is 0 Å². The van der Waals surface area contributed by atoms with Crippen LogP contribution in [0.1, 0.15) is 38.3 Å². The number of phenolic OH excluding ortho intramolecular Hbond substituents is 1. The number of aliphatic hydroxyl groups is 2. The van der Waals surface area contributed by atoms with E-state index in [1.54, 1.807) is 20.2 Å². The molecule has 1 heterocycles. The van der Waals surface area contributed by atoms with E-state index in [-0.39, 0.29) is 36.3 Å². The smallest absolute Gasteiger partial charge is 0.256 e. The lowest BCUT2D eigenvalue weighted by atomic mass is 9.52. The van der Waals surface area contributed by atoms with Crippen molar-refractivity contribution < 1.29 is 43.8 Å². The topological polar surface area (TPSA) is 213 Å². The van der Waals surface area contributed by atoms with Gasteiger partial charge in [-0.05, 0) is 50.0 Å². The van der Waals surface area contributed by atoms with Crippen LogP contribution in [0.2, 0.25) is 0 Å². The number of primary amides is 1. The molecule has 7 atom stereocenters. The van der Waals surface area contributed by atoms with Crippen molar-refractivity contribution in [1.29, 1.82) is 0 Å². The molecule has 6 N–H and O–H groups in total. The van der Waals surface area contributed by atoms with Crippen LogP contribution in [0.25, 0.3) is 0 Å². The van der Waals surface area contributed by atoms with Gasteiger partial charge in [-0.3, -0.25) is 24.0 Å². The summed E-state index contributed by atoms with van der Waals surface area (Å²) in [5.74, 6) is -10.2. The number of carbonyl (C=O) groups is 5. The highest BCUT2D eigenvalue weighted by Crippen LogP contribution is 2.51. The third-order valence-corrected chi connectivity index (χ3v) is 8.40. The predicted molar refractivity (Wildman–Crippen MR) is 130 cm³/mol. The second-order valence-corrected chi connectivity index (χ2v) is 10.7. The van der Waals surface area contributed by atoms with Crippen molar-refractivity contribution in [3.63, 3.8) is 0 Å². The first-order chi connectivity index (χ1) is 18.4. The number of hydrogen-bond donors (Lipinski definition) is 5. The molecule has 5 rings (SSSR count). The molecule has 2 aromatic rings. The number of Topliss-reactive ketones (excluding diaryl/α,β-unsaturated/α-hetero) is 3. The summed E-state index contributed by atoms with van der Waals surface area (Å²) in [6.45, 7) is -0.00355. The second-order valence-electron chi connectivity index (χ2n) is 10.7. The first-order valence-electron chi connectivity index (χ1n) is 12.4. The van der Waals surface area contributed by atoms with E-state index in [1.807, 2.05) is 0 Å². The fraction of sp³-hybridized carbons (Fsp3) is 0.462. The first kappa shape index (κ1) is 26.7. The van der Waals surface area contributed by atoms with E-state index >= 15 is 0 Å². The number of hydrogen-bond acceptors (Lipinski definition) is 11. The van der Waals surface area contributed by atoms with E-state index in [0.717, 1.165) is 0 Å². The number of nitrogens with one attached hydrogen (secondary N) is 1. The zero-order chi connectivity index (χ0) is 28.4. The zero-order valence-electron chi connectivity index (χ0n) is 21.2. The average molecular weight is 541 g/mol. The maximum Gasteiger partial charge on any atom is 0.256 e. The molecule has 3 aliphatic carbocycles. The van der Waals surface area contributed by atoms with Crippen LogP contribution in [0.15, 0.2) is 29.1 Å². The van der Waals surface area contributed by atoms with Crippen LogP contribution in [-0.2, 0) is 27.3 Å². The average Bonchev–Trinajstić information content (AvgIpc) is 3.40. The van der Waals surface area contributed by atoms with Gasteiger partial charge in [0.1, 0.15) is 17.9 Å². The number of aromatic nitrogens is 1. The molecule has 2 saturated carbocycles. The molecular weight excluding hydrogens is 512 g/mol. The lowest BCUT2D eigenvalue weighted by Gasteiger charge is -2.54. The molecule has 0 spiro atoms. The number of aliphatic hydroxyl groups excluding tert-OH is 1. The number of aromatic hydroxyl groups is 1. The van der Waals surface area contributed by atoms with Gasteiger partial charge in [0, 0.05) is 18.5 Å². The lowest BCUT2D eigenvalue weighted by Crippen LogP contribution is -2.75. The zero-order valence-corrected chi connectivity index (χ0v) is 21.2. The van der Waals surface area contributed by atoms with Gasteiger partial charge in [-0.25, -0.2) is 0 Å². The Balaban J connectivity index is 1.53. The molecule has 0 bridgehead atoms. The Morgan fingerprint density at radius 1 is 1.23 bits per heavy atom. The number of likely N-dealkylation sites (N-methyl/N-ethyl adjacent to an activating group) is 1. The molecule has 0 radical (unpaired) electrons. The van der Waals surface area contributed by atoms with Crippen molar-refractivity contribution >= 4 is 29.2 Å². The van der Waals surface area contributed by atoms with Crippen molar-refractivity contribution in [2.75, 3.05) is 14.1 Å². The number of amides is 2. The number of nitrogens with two attached hydrogens (primary N) is 1. The van der Waals surface area contributed by atoms with Crippen molar-refractivity contribution in [1.82, 2.24) is 15.4 Å². The summed E-state index contributed by atoms with van der Waals surface area (Å²) in [4.78, 5) is 66.9. The number of phenols is 1. The Morgan fingerprint density at radius 3 is 2.56 bits per heavy atom. The number of fused-ring (bicyclic) bond motifs is 3. The van der Waals surface area contributed by atoms with Gasteiger partial charge in [-0.2, -0.15) is 0 Å². The molecule has 2 amide bonds. The van der Waals surface area contributed by atoms with Gasteiger partial charge >= 0.3 is 0 Å². The molecule has 39 heavy (non-hydrogen) atoms. The van der Waals surface area contributed by atoms with Crippen LogP contribution < -0.4 is 11.1 Å². The molecule has 2 fully saturated rings. The van der Waals surface area contributed by atoms with Gasteiger partial charge in [0.25, 0.3) is 5.91 Å². The Labute approximate surface area is 221 Å². The fourth-order valence-corrected chi connectivity index (χ4v) is 6.65. The van der Waals surface area contributed by atoms with Gasteiger partial charge in [0.2, 0.25) is 5.91 Å². The van der Waals surface area contributed by atoms with Crippen molar-refractivity contribution in [2.24, 2.45) is 29.4 Å². The van der Waals surface area contributed by atoms with Crippen LogP contribution in [0.3, 0.4) is 0 Å². The number of benzene rings is 1. The van der Waals surface area contributed by atoms with Crippen LogP contribution in [0, 0.1) is 23.7 Å². The summed E-state index contributed by atoms with van der Waals surface area (Å²) < 4.78 is 4.68. The van der Waals surface area contributed by atoms with E-state index in [0.29, 0.717) is 11.1 Å². The van der Waals surface area contributed by atoms with E-state index in [4.69, 9.17) is 5.73 Å². The summed E-state index contributed by atoms with van der Waals surface area (Å²) in [6, 6.07) is 1.85. The minimum atomic E-state index is -2.72. The number of ketones is 3. The highest BCUT2D eigenvalue weighted by Gasteiger charge is 2.69. The van der Waals surface area contributed by atoms with Crippen LogP contribution >= 0.6 is 0 Å². The highest BCUT2D eigenvalue weighted by molar-refractivity contribution is 6.25. The predicted octanol–water partition coefficient (Wildman–Crippen LogP) is -1.42. The molecule has 1 aromatic heterocycles. The lowest BCUT2D eigenvalue weighted by molar-refractivity contribution is -0.190. The van der Waals surface area contributed by atoms with Crippen LogP contribution in [0.5, 0.6) is 5.75 Å². The largest absolute Gasteiger partial charge is 0.507 e. The second kappa shape index (κ2) is 9.36. The molecular formula is C26H28N4O9. The third kappa shape index (κ3) is 3.87. The summed E-state index contributed by atoms with van der Waals surface area (Å²) in [5.41, 5.74) is 3.70. The molecule has 3 aliphatic rings. The maximum absolute atomic E-state index is 13.8. The number of nitrogens with zero attached hydrogens (tertiary/aromatic N) is 2. The highest BCUT2D eigenvalue weighted by atomic mass is 16.5. The van der Waals surface area contributed by atoms with Gasteiger partial charge in [0.15, 0.2) is 23.0 Å². The molecule has 0 saturated heterocycles. The summed E-state index contributed by atoms with van der Waals surface area (Å²) >= 11 is 0. The number of carbonyl (C=O) groups excluding carboxylic acids is 5. The Kier molecular flexibility index (Phi) is 6.40. The summed E-state index contributed by atoms with van der Waals surface area (Å²) in [7, 11) is 3.16. The number of rotatable bonds is 5. The van der Waals surface area contributed by atoms with E-state index < -0.39 is 70.6 Å². The Hall–Kier alpha value is -3.94.